The fourth-order valence-corrected chi connectivity index (χ4v) is 1.08. The largest absolute Gasteiger partial charge is 0.352 e. The van der Waals surface area contributed by atoms with E-state index in [1.54, 1.807) is 17.0 Å². The average molecular weight is 194 g/mol. The summed E-state index contributed by atoms with van der Waals surface area (Å²) < 4.78 is 1.67. The third kappa shape index (κ3) is 3.43. The summed E-state index contributed by atoms with van der Waals surface area (Å²) >= 11 is 0. The van der Waals surface area contributed by atoms with E-state index < -0.39 is 0 Å². The Labute approximate surface area is 82.6 Å². The number of aromatic nitrogens is 1. The number of hydrogen-bond donors (Lipinski definition) is 1. The Kier molecular flexibility index (Phi) is 3.45. The van der Waals surface area contributed by atoms with Crippen molar-refractivity contribution in [3.63, 3.8) is 0 Å². The van der Waals surface area contributed by atoms with Crippen molar-refractivity contribution in [1.82, 2.24) is 9.88 Å². The molecule has 0 fully saturated rings. The summed E-state index contributed by atoms with van der Waals surface area (Å²) in [5.74, 6) is -0.0522. The van der Waals surface area contributed by atoms with Gasteiger partial charge in [-0.05, 0) is 13.8 Å². The molecule has 4 heteroatoms. The molecule has 0 saturated carbocycles. The lowest BCUT2D eigenvalue weighted by atomic mass is 10.4. The van der Waals surface area contributed by atoms with Crippen molar-refractivity contribution in [2.75, 3.05) is 0 Å². The number of hydrogen-bond acceptors (Lipinski definition) is 2. The molecule has 0 saturated heterocycles. The number of nitrogens with one attached hydrogen (secondary N) is 1. The van der Waals surface area contributed by atoms with Gasteiger partial charge in [0.05, 0.1) is 0 Å². The van der Waals surface area contributed by atoms with E-state index in [1.807, 2.05) is 13.8 Å². The molecule has 0 spiro atoms. The first kappa shape index (κ1) is 10.5. The Morgan fingerprint density at radius 2 is 2.00 bits per heavy atom. The molecule has 0 radical (unpaired) electrons. The Balaban J connectivity index is 2.56. The molecule has 14 heavy (non-hydrogen) atoms. The Hall–Kier alpha value is -1.58. The minimum absolute atomic E-state index is 0.0504. The zero-order chi connectivity index (χ0) is 10.6. The van der Waals surface area contributed by atoms with Gasteiger partial charge in [-0.15, -0.1) is 0 Å². The number of nitrogens with zero attached hydrogens (tertiary/aromatic N) is 1. The number of carbonyl (C=O) groups excluding carboxylic acids is 1. The lowest BCUT2D eigenvalue weighted by Crippen LogP contribution is -2.33. The van der Waals surface area contributed by atoms with Crippen LogP contribution in [0.25, 0.3) is 0 Å². The highest BCUT2D eigenvalue weighted by molar-refractivity contribution is 5.75. The second kappa shape index (κ2) is 4.60. The zero-order valence-corrected chi connectivity index (χ0v) is 8.36. The van der Waals surface area contributed by atoms with Crippen LogP contribution in [-0.4, -0.2) is 16.5 Å². The first-order valence-electron chi connectivity index (χ1n) is 4.53. The van der Waals surface area contributed by atoms with E-state index in [1.165, 1.54) is 12.1 Å². The van der Waals surface area contributed by atoms with Gasteiger partial charge in [-0.2, -0.15) is 0 Å². The van der Waals surface area contributed by atoms with Gasteiger partial charge in [-0.25, -0.2) is 0 Å². The van der Waals surface area contributed by atoms with Crippen LogP contribution in [0.2, 0.25) is 0 Å². The van der Waals surface area contributed by atoms with Gasteiger partial charge in [0.25, 0.3) is 0 Å². The van der Waals surface area contributed by atoms with Crippen molar-refractivity contribution in [2.45, 2.75) is 26.4 Å². The molecule has 0 aliphatic rings. The highest BCUT2D eigenvalue weighted by atomic mass is 16.2. The lowest BCUT2D eigenvalue weighted by Gasteiger charge is -2.09. The molecule has 1 heterocycles. The molecule has 1 rings (SSSR count). The molecule has 4 nitrogen and oxygen atoms in total. The van der Waals surface area contributed by atoms with E-state index in [4.69, 9.17) is 0 Å². The summed E-state index contributed by atoms with van der Waals surface area (Å²) in [6.07, 6.45) is 3.20. The molecule has 0 atom stereocenters. The molecule has 0 bridgehead atoms. The van der Waals surface area contributed by atoms with E-state index in [9.17, 15) is 9.59 Å². The van der Waals surface area contributed by atoms with Gasteiger partial charge in [0.15, 0.2) is 5.43 Å². The molecule has 0 aliphatic carbocycles. The van der Waals surface area contributed by atoms with Crippen LogP contribution in [0.4, 0.5) is 0 Å². The first-order valence-corrected chi connectivity index (χ1v) is 4.53. The predicted octanol–water partition coefficient (Wildman–Crippen LogP) is 0.373. The fourth-order valence-electron chi connectivity index (χ4n) is 1.08. The normalized spacial score (nSPS) is 10.2. The van der Waals surface area contributed by atoms with E-state index in [0.717, 1.165) is 0 Å². The van der Waals surface area contributed by atoms with Crippen LogP contribution in [-0.2, 0) is 11.3 Å². The monoisotopic (exact) mass is 194 g/mol. The summed E-state index contributed by atoms with van der Waals surface area (Å²) in [4.78, 5) is 22.1. The minimum atomic E-state index is -0.0522. The Bertz CT molecular complexity index is 348. The van der Waals surface area contributed by atoms with Gasteiger partial charge in [0.1, 0.15) is 6.54 Å². The third-order valence-electron chi connectivity index (χ3n) is 1.64. The van der Waals surface area contributed by atoms with E-state index in [-0.39, 0.29) is 23.9 Å². The van der Waals surface area contributed by atoms with Crippen molar-refractivity contribution >= 4 is 5.91 Å². The van der Waals surface area contributed by atoms with E-state index in [0.29, 0.717) is 0 Å². The quantitative estimate of drug-likeness (QED) is 0.756. The van der Waals surface area contributed by atoms with Crippen LogP contribution in [0.1, 0.15) is 13.8 Å². The van der Waals surface area contributed by atoms with Crippen LogP contribution >= 0.6 is 0 Å². The zero-order valence-electron chi connectivity index (χ0n) is 8.36. The van der Waals surface area contributed by atoms with Gasteiger partial charge in [0, 0.05) is 30.6 Å². The molecule has 0 unspecified atom stereocenters. The number of carbonyl (C=O) groups is 1. The van der Waals surface area contributed by atoms with Gasteiger partial charge in [-0.3, -0.25) is 9.59 Å². The van der Waals surface area contributed by atoms with Crippen LogP contribution in [0.15, 0.2) is 29.3 Å². The van der Waals surface area contributed by atoms with Crippen LogP contribution in [0.5, 0.6) is 0 Å². The molecule has 76 valence electrons. The standard InChI is InChI=1S/C10H14N2O2/c1-8(2)11-10(14)7-12-5-3-9(13)4-6-12/h3-6,8H,7H2,1-2H3,(H,11,14). The topological polar surface area (TPSA) is 51.1 Å². The summed E-state index contributed by atoms with van der Waals surface area (Å²) in [6.45, 7) is 4.06. The molecular weight excluding hydrogens is 180 g/mol. The van der Waals surface area contributed by atoms with Crippen LogP contribution in [0, 0.1) is 0 Å². The maximum Gasteiger partial charge on any atom is 0.240 e. The van der Waals surface area contributed by atoms with E-state index in [2.05, 4.69) is 5.32 Å². The van der Waals surface area contributed by atoms with Crippen molar-refractivity contribution in [2.24, 2.45) is 0 Å². The lowest BCUT2D eigenvalue weighted by molar-refractivity contribution is -0.122. The van der Waals surface area contributed by atoms with Gasteiger partial charge >= 0.3 is 0 Å². The molecular formula is C10H14N2O2. The highest BCUT2D eigenvalue weighted by Gasteiger charge is 2.02. The second-order valence-electron chi connectivity index (χ2n) is 3.43. The molecule has 0 aliphatic heterocycles. The summed E-state index contributed by atoms with van der Waals surface area (Å²) in [7, 11) is 0. The summed E-state index contributed by atoms with van der Waals surface area (Å²) in [6, 6.07) is 3.01. The maximum absolute atomic E-state index is 11.3. The van der Waals surface area contributed by atoms with Crippen LogP contribution in [0.3, 0.4) is 0 Å². The summed E-state index contributed by atoms with van der Waals surface area (Å²) in [5, 5.41) is 2.77. The van der Waals surface area contributed by atoms with Gasteiger partial charge in [-0.1, -0.05) is 0 Å². The predicted molar refractivity (Wildman–Crippen MR) is 54.0 cm³/mol. The van der Waals surface area contributed by atoms with Gasteiger partial charge in [0.2, 0.25) is 5.91 Å². The average Bonchev–Trinajstić information content (AvgIpc) is 2.07. The van der Waals surface area contributed by atoms with Crippen molar-refractivity contribution in [3.05, 3.63) is 34.7 Å². The number of pyridine rings is 1. The fraction of sp³-hybridized carbons (Fsp3) is 0.400. The van der Waals surface area contributed by atoms with Crippen molar-refractivity contribution in [3.8, 4) is 0 Å². The summed E-state index contributed by atoms with van der Waals surface area (Å²) in [5.41, 5.74) is -0.0504. The van der Waals surface area contributed by atoms with E-state index >= 15 is 0 Å². The van der Waals surface area contributed by atoms with Crippen LogP contribution < -0.4 is 10.7 Å². The maximum atomic E-state index is 11.3. The van der Waals surface area contributed by atoms with Crippen molar-refractivity contribution in [1.29, 1.82) is 0 Å². The smallest absolute Gasteiger partial charge is 0.240 e. The number of amides is 1. The molecule has 1 aromatic rings. The van der Waals surface area contributed by atoms with Gasteiger partial charge < -0.3 is 9.88 Å². The Morgan fingerprint density at radius 1 is 1.43 bits per heavy atom. The SMILES string of the molecule is CC(C)NC(=O)Cn1ccc(=O)cc1. The third-order valence-corrected chi connectivity index (χ3v) is 1.64. The highest BCUT2D eigenvalue weighted by Crippen LogP contribution is 1.86. The van der Waals surface area contributed by atoms with Crippen molar-refractivity contribution < 1.29 is 4.79 Å². The minimum Gasteiger partial charge on any atom is -0.352 e. The molecule has 1 amide bonds. The Morgan fingerprint density at radius 3 is 2.50 bits per heavy atom. The first-order chi connectivity index (χ1) is 6.58. The molecule has 1 N–H and O–H groups in total. The second-order valence-corrected chi connectivity index (χ2v) is 3.43. The molecule has 1 aromatic heterocycles. The number of rotatable bonds is 3. The molecule has 0 aromatic carbocycles.